The van der Waals surface area contributed by atoms with Crippen molar-refractivity contribution < 1.29 is 14.3 Å². The first-order chi connectivity index (χ1) is 16.4. The van der Waals surface area contributed by atoms with Crippen LogP contribution in [0.3, 0.4) is 0 Å². The molecule has 0 unspecified atom stereocenters. The minimum absolute atomic E-state index is 0.204. The van der Waals surface area contributed by atoms with Gasteiger partial charge < -0.3 is 14.8 Å². The molecule has 0 radical (unpaired) electrons. The Hall–Kier alpha value is -2.93. The number of nitrogens with zero attached hydrogens (tertiary/aromatic N) is 1. The molecule has 0 bridgehead atoms. The van der Waals surface area contributed by atoms with Crippen molar-refractivity contribution in [2.75, 3.05) is 6.61 Å². The molecule has 0 aromatic heterocycles. The highest BCUT2D eigenvalue weighted by molar-refractivity contribution is 8.18. The molecule has 34 heavy (non-hydrogen) atoms. The van der Waals surface area contributed by atoms with Gasteiger partial charge in [-0.1, -0.05) is 47.5 Å². The summed E-state index contributed by atoms with van der Waals surface area (Å²) in [6.45, 7) is 4.73. The van der Waals surface area contributed by atoms with Crippen LogP contribution < -0.4 is 14.8 Å². The molecule has 1 N–H and O–H groups in total. The van der Waals surface area contributed by atoms with Crippen LogP contribution in [-0.4, -0.2) is 17.7 Å². The molecule has 8 heteroatoms. The molecule has 0 saturated carbocycles. The van der Waals surface area contributed by atoms with E-state index in [0.717, 1.165) is 22.4 Å². The van der Waals surface area contributed by atoms with Crippen LogP contribution in [0.1, 0.15) is 23.6 Å². The number of nitrogens with one attached hydrogen (secondary N) is 1. The van der Waals surface area contributed by atoms with Crippen LogP contribution in [0.4, 0.5) is 5.69 Å². The Kier molecular flexibility index (Phi) is 7.83. The van der Waals surface area contributed by atoms with Gasteiger partial charge in [-0.25, -0.2) is 4.99 Å². The van der Waals surface area contributed by atoms with Crippen LogP contribution >= 0.6 is 35.0 Å². The average molecular weight is 513 g/mol. The predicted octanol–water partition coefficient (Wildman–Crippen LogP) is 7.17. The van der Waals surface area contributed by atoms with Gasteiger partial charge >= 0.3 is 0 Å². The molecule has 1 heterocycles. The smallest absolute Gasteiger partial charge is 0.264 e. The van der Waals surface area contributed by atoms with Gasteiger partial charge in [0, 0.05) is 10.0 Å². The number of halogens is 2. The van der Waals surface area contributed by atoms with Crippen molar-refractivity contribution in [2.24, 2.45) is 4.99 Å². The Bertz CT molecular complexity index is 1270. The van der Waals surface area contributed by atoms with E-state index in [4.69, 9.17) is 32.7 Å². The number of hydrogen-bond acceptors (Lipinski definition) is 5. The van der Waals surface area contributed by atoms with E-state index in [1.165, 1.54) is 11.8 Å². The average Bonchev–Trinajstić information content (AvgIpc) is 3.15. The number of aryl methyl sites for hydroxylation is 1. The Labute approximate surface area is 212 Å². The maximum atomic E-state index is 12.5. The van der Waals surface area contributed by atoms with Gasteiger partial charge in [0.25, 0.3) is 5.91 Å². The highest BCUT2D eigenvalue weighted by atomic mass is 35.5. The van der Waals surface area contributed by atoms with Gasteiger partial charge in [0.05, 0.1) is 17.2 Å². The summed E-state index contributed by atoms with van der Waals surface area (Å²) in [6.07, 6.45) is 1.80. The van der Waals surface area contributed by atoms with Crippen LogP contribution in [0.15, 0.2) is 70.6 Å². The molecule has 174 valence electrons. The van der Waals surface area contributed by atoms with Crippen LogP contribution in [0.25, 0.3) is 6.08 Å². The van der Waals surface area contributed by atoms with Gasteiger partial charge in [-0.05, 0) is 84.8 Å². The van der Waals surface area contributed by atoms with E-state index in [1.54, 1.807) is 12.1 Å². The maximum absolute atomic E-state index is 12.5. The molecule has 5 nitrogen and oxygen atoms in total. The quantitative estimate of drug-likeness (QED) is 0.340. The highest BCUT2D eigenvalue weighted by Gasteiger charge is 2.24. The van der Waals surface area contributed by atoms with Crippen molar-refractivity contribution in [1.82, 2.24) is 5.32 Å². The van der Waals surface area contributed by atoms with Crippen LogP contribution in [0.2, 0.25) is 10.0 Å². The lowest BCUT2D eigenvalue weighted by Gasteiger charge is -2.13. The minimum atomic E-state index is -0.204. The van der Waals surface area contributed by atoms with E-state index in [-0.39, 0.29) is 5.91 Å². The molecular formula is C26H22Cl2N2O3S. The Morgan fingerprint density at radius 1 is 0.971 bits per heavy atom. The summed E-state index contributed by atoms with van der Waals surface area (Å²) in [4.78, 5) is 17.6. The van der Waals surface area contributed by atoms with Crippen molar-refractivity contribution in [3.8, 4) is 11.5 Å². The second-order valence-corrected chi connectivity index (χ2v) is 9.37. The first-order valence-electron chi connectivity index (χ1n) is 10.6. The van der Waals surface area contributed by atoms with Gasteiger partial charge in [-0.2, -0.15) is 0 Å². The monoisotopic (exact) mass is 512 g/mol. The molecule has 1 saturated heterocycles. The standard InChI is InChI=1S/C26H22Cl2N2O3S/c1-3-32-23-12-18(7-11-22(23)33-15-17-5-9-19(27)10-6-17)13-24-25(31)30-26(34-24)29-21-14-20(28)8-4-16(21)2/h4-14H,3,15H2,1-2H3,(H,29,30,31)/b24-13-. The molecule has 3 aromatic rings. The number of benzene rings is 3. The summed E-state index contributed by atoms with van der Waals surface area (Å²) in [7, 11) is 0. The third-order valence-corrected chi connectivity index (χ3v) is 6.31. The fourth-order valence-electron chi connectivity index (χ4n) is 3.19. The number of thioether (sulfide) groups is 1. The van der Waals surface area contributed by atoms with E-state index in [2.05, 4.69) is 10.3 Å². The molecule has 4 rings (SSSR count). The molecule has 0 aliphatic carbocycles. The molecule has 1 fully saturated rings. The third kappa shape index (κ3) is 6.14. The molecule has 1 aliphatic heterocycles. The van der Waals surface area contributed by atoms with Gasteiger partial charge in [-0.3, -0.25) is 4.79 Å². The Morgan fingerprint density at radius 2 is 1.74 bits per heavy atom. The number of amidine groups is 1. The summed E-state index contributed by atoms with van der Waals surface area (Å²) in [5.41, 5.74) is 3.51. The van der Waals surface area contributed by atoms with Crippen LogP contribution in [0, 0.1) is 6.92 Å². The summed E-state index contributed by atoms with van der Waals surface area (Å²) in [5, 5.41) is 4.59. The topological polar surface area (TPSA) is 59.9 Å². The largest absolute Gasteiger partial charge is 0.490 e. The van der Waals surface area contributed by atoms with Gasteiger partial charge in [0.15, 0.2) is 16.7 Å². The van der Waals surface area contributed by atoms with Gasteiger partial charge in [0.1, 0.15) is 6.61 Å². The van der Waals surface area contributed by atoms with Crippen molar-refractivity contribution >= 4 is 57.8 Å². The number of rotatable bonds is 7. The SMILES string of the molecule is CCOc1cc(/C=C2\SC(=Nc3cc(Cl)ccc3C)NC2=O)ccc1OCc1ccc(Cl)cc1. The summed E-state index contributed by atoms with van der Waals surface area (Å²) in [6, 6.07) is 18.6. The van der Waals surface area contributed by atoms with Crippen molar-refractivity contribution in [3.05, 3.63) is 92.3 Å². The van der Waals surface area contributed by atoms with Gasteiger partial charge in [0.2, 0.25) is 0 Å². The molecule has 3 aromatic carbocycles. The zero-order valence-corrected chi connectivity index (χ0v) is 20.9. The molecule has 0 spiro atoms. The Balaban J connectivity index is 1.52. The second-order valence-electron chi connectivity index (χ2n) is 7.47. The van der Waals surface area contributed by atoms with Crippen LogP contribution in [0.5, 0.6) is 11.5 Å². The fourth-order valence-corrected chi connectivity index (χ4v) is 4.32. The lowest BCUT2D eigenvalue weighted by Crippen LogP contribution is -2.19. The predicted molar refractivity (Wildman–Crippen MR) is 140 cm³/mol. The van der Waals surface area contributed by atoms with E-state index < -0.39 is 0 Å². The van der Waals surface area contributed by atoms with Gasteiger partial charge in [-0.15, -0.1) is 0 Å². The minimum Gasteiger partial charge on any atom is -0.490 e. The maximum Gasteiger partial charge on any atom is 0.264 e. The van der Waals surface area contributed by atoms with E-state index in [0.29, 0.717) is 44.8 Å². The number of aliphatic imine (C=N–C) groups is 1. The van der Waals surface area contributed by atoms with Crippen molar-refractivity contribution in [1.29, 1.82) is 0 Å². The number of ether oxygens (including phenoxy) is 2. The zero-order valence-electron chi connectivity index (χ0n) is 18.6. The van der Waals surface area contributed by atoms with E-state index >= 15 is 0 Å². The lowest BCUT2D eigenvalue weighted by atomic mass is 10.2. The second kappa shape index (κ2) is 11.0. The summed E-state index contributed by atoms with van der Waals surface area (Å²) in [5.74, 6) is 1.03. The molecule has 1 amide bonds. The lowest BCUT2D eigenvalue weighted by molar-refractivity contribution is -0.115. The fraction of sp³-hybridized carbons (Fsp3) is 0.154. The molecule has 0 atom stereocenters. The summed E-state index contributed by atoms with van der Waals surface area (Å²) >= 11 is 13.3. The van der Waals surface area contributed by atoms with Crippen molar-refractivity contribution in [3.63, 3.8) is 0 Å². The highest BCUT2D eigenvalue weighted by Crippen LogP contribution is 2.33. The number of hydrogen-bond donors (Lipinski definition) is 1. The Morgan fingerprint density at radius 3 is 2.50 bits per heavy atom. The van der Waals surface area contributed by atoms with E-state index in [1.807, 2.05) is 68.4 Å². The molecule has 1 aliphatic rings. The van der Waals surface area contributed by atoms with Crippen LogP contribution in [-0.2, 0) is 11.4 Å². The summed E-state index contributed by atoms with van der Waals surface area (Å²) < 4.78 is 11.7. The normalized spacial score (nSPS) is 15.6. The van der Waals surface area contributed by atoms with Crippen molar-refractivity contribution in [2.45, 2.75) is 20.5 Å². The number of amides is 1. The zero-order chi connectivity index (χ0) is 24.1. The molecular weight excluding hydrogens is 491 g/mol. The first kappa shape index (κ1) is 24.2. The number of carbonyl (C=O) groups excluding carboxylic acids is 1. The van der Waals surface area contributed by atoms with E-state index in [9.17, 15) is 4.79 Å². The number of carbonyl (C=O) groups is 1. The first-order valence-corrected chi connectivity index (χ1v) is 12.2. The third-order valence-electron chi connectivity index (χ3n) is 4.92.